The van der Waals surface area contributed by atoms with Gasteiger partial charge in [-0.25, -0.2) is 13.4 Å². The summed E-state index contributed by atoms with van der Waals surface area (Å²) >= 11 is 0. The van der Waals surface area contributed by atoms with Gasteiger partial charge in [0, 0.05) is 45.5 Å². The van der Waals surface area contributed by atoms with Crippen molar-refractivity contribution in [1.29, 1.82) is 0 Å². The Labute approximate surface area is 127 Å². The normalized spacial score (nSPS) is 17.8. The number of nitrogens with one attached hydrogen (secondary N) is 1. The molecule has 0 spiro atoms. The Hall–Kier alpha value is -1.18. The van der Waals surface area contributed by atoms with Crippen LogP contribution in [-0.2, 0) is 16.6 Å². The van der Waals surface area contributed by atoms with E-state index in [4.69, 9.17) is 0 Å². The minimum atomic E-state index is -3.05. The van der Waals surface area contributed by atoms with Crippen molar-refractivity contribution in [2.75, 3.05) is 44.3 Å². The van der Waals surface area contributed by atoms with Crippen molar-refractivity contribution in [1.82, 2.24) is 14.2 Å². The molecule has 0 aliphatic carbocycles. The molecule has 0 aromatic carbocycles. The number of piperazine rings is 1. The number of rotatable bonds is 6. The van der Waals surface area contributed by atoms with E-state index in [1.54, 1.807) is 4.31 Å². The van der Waals surface area contributed by atoms with Crippen LogP contribution in [0.25, 0.3) is 0 Å². The van der Waals surface area contributed by atoms with E-state index < -0.39 is 10.0 Å². The first-order valence-electron chi connectivity index (χ1n) is 7.35. The fourth-order valence-electron chi connectivity index (χ4n) is 2.40. The molecule has 2 heterocycles. The first kappa shape index (κ1) is 16.2. The van der Waals surface area contributed by atoms with Crippen LogP contribution < -0.4 is 5.32 Å². The lowest BCUT2D eigenvalue weighted by Crippen LogP contribution is -2.47. The molecule has 1 aromatic heterocycles. The summed E-state index contributed by atoms with van der Waals surface area (Å²) in [5, 5.41) is 3.28. The molecule has 2 rings (SSSR count). The first-order chi connectivity index (χ1) is 9.99. The van der Waals surface area contributed by atoms with Gasteiger partial charge in [-0.3, -0.25) is 4.90 Å². The molecule has 7 heteroatoms. The van der Waals surface area contributed by atoms with Crippen LogP contribution in [0.4, 0.5) is 5.82 Å². The summed E-state index contributed by atoms with van der Waals surface area (Å²) in [6.07, 6.45) is 4.16. The fourth-order valence-corrected chi connectivity index (χ4v) is 3.23. The predicted molar refractivity (Wildman–Crippen MR) is 84.7 cm³/mol. The van der Waals surface area contributed by atoms with Crippen LogP contribution in [0, 0.1) is 0 Å². The molecule has 1 aromatic rings. The van der Waals surface area contributed by atoms with Gasteiger partial charge in [0.2, 0.25) is 10.0 Å². The SMILES string of the molecule is CCCNc1cc(CN2CCN(S(C)(=O)=O)CC2)ccn1. The van der Waals surface area contributed by atoms with Gasteiger partial charge in [0.25, 0.3) is 0 Å². The topological polar surface area (TPSA) is 65.5 Å². The van der Waals surface area contributed by atoms with Gasteiger partial charge in [0.1, 0.15) is 5.82 Å². The van der Waals surface area contributed by atoms with E-state index in [0.29, 0.717) is 13.1 Å². The molecule has 0 saturated carbocycles. The maximum Gasteiger partial charge on any atom is 0.211 e. The Morgan fingerprint density at radius 1 is 1.29 bits per heavy atom. The number of hydrogen-bond acceptors (Lipinski definition) is 5. The molecule has 1 fully saturated rings. The van der Waals surface area contributed by atoms with Gasteiger partial charge < -0.3 is 5.32 Å². The number of hydrogen-bond donors (Lipinski definition) is 1. The molecule has 0 radical (unpaired) electrons. The fraction of sp³-hybridized carbons (Fsp3) is 0.643. The molecular formula is C14H24N4O2S. The van der Waals surface area contributed by atoms with Gasteiger partial charge in [-0.1, -0.05) is 6.92 Å². The Morgan fingerprint density at radius 3 is 2.62 bits per heavy atom. The zero-order valence-corrected chi connectivity index (χ0v) is 13.6. The van der Waals surface area contributed by atoms with Crippen LogP contribution in [-0.4, -0.2) is 61.6 Å². The zero-order chi connectivity index (χ0) is 15.3. The lowest BCUT2D eigenvalue weighted by molar-refractivity contribution is 0.182. The van der Waals surface area contributed by atoms with Crippen LogP contribution in [0.3, 0.4) is 0 Å². The predicted octanol–water partition coefficient (Wildman–Crippen LogP) is 0.981. The second kappa shape index (κ2) is 7.20. The number of sulfonamides is 1. The monoisotopic (exact) mass is 312 g/mol. The van der Waals surface area contributed by atoms with Gasteiger partial charge in [-0.2, -0.15) is 4.31 Å². The molecule has 0 unspecified atom stereocenters. The van der Waals surface area contributed by atoms with Crippen LogP contribution in [0.5, 0.6) is 0 Å². The van der Waals surface area contributed by atoms with Crippen molar-refractivity contribution in [3.63, 3.8) is 0 Å². The van der Waals surface area contributed by atoms with E-state index in [9.17, 15) is 8.42 Å². The highest BCUT2D eigenvalue weighted by Gasteiger charge is 2.23. The van der Waals surface area contributed by atoms with Crippen molar-refractivity contribution < 1.29 is 8.42 Å². The highest BCUT2D eigenvalue weighted by atomic mass is 32.2. The summed E-state index contributed by atoms with van der Waals surface area (Å²) in [5.74, 6) is 0.907. The Balaban J connectivity index is 1.88. The van der Waals surface area contributed by atoms with Gasteiger partial charge in [-0.05, 0) is 24.1 Å². The van der Waals surface area contributed by atoms with Crippen LogP contribution >= 0.6 is 0 Å². The summed E-state index contributed by atoms with van der Waals surface area (Å²) in [6, 6.07) is 4.08. The van der Waals surface area contributed by atoms with Crippen molar-refractivity contribution in [3.05, 3.63) is 23.9 Å². The van der Waals surface area contributed by atoms with E-state index >= 15 is 0 Å². The minimum Gasteiger partial charge on any atom is -0.370 e. The third kappa shape index (κ3) is 4.94. The molecule has 0 atom stereocenters. The van der Waals surface area contributed by atoms with E-state index in [-0.39, 0.29) is 0 Å². The third-order valence-corrected chi connectivity index (χ3v) is 4.89. The number of anilines is 1. The summed E-state index contributed by atoms with van der Waals surface area (Å²) in [4.78, 5) is 6.58. The number of pyridine rings is 1. The summed E-state index contributed by atoms with van der Waals surface area (Å²) in [7, 11) is -3.05. The average Bonchev–Trinajstić information content (AvgIpc) is 2.45. The maximum absolute atomic E-state index is 11.5. The lowest BCUT2D eigenvalue weighted by atomic mass is 10.2. The van der Waals surface area contributed by atoms with Crippen LogP contribution in [0.2, 0.25) is 0 Å². The quantitative estimate of drug-likeness (QED) is 0.848. The van der Waals surface area contributed by atoms with E-state index in [2.05, 4.69) is 28.2 Å². The van der Waals surface area contributed by atoms with Gasteiger partial charge in [-0.15, -0.1) is 0 Å². The molecular weight excluding hydrogens is 288 g/mol. The van der Waals surface area contributed by atoms with Crippen molar-refractivity contribution in [3.8, 4) is 0 Å². The first-order valence-corrected chi connectivity index (χ1v) is 9.20. The van der Waals surface area contributed by atoms with E-state index in [1.165, 1.54) is 11.8 Å². The van der Waals surface area contributed by atoms with Crippen molar-refractivity contribution >= 4 is 15.8 Å². The Kier molecular flexibility index (Phi) is 5.55. The van der Waals surface area contributed by atoms with Gasteiger partial charge >= 0.3 is 0 Å². The molecule has 1 N–H and O–H groups in total. The number of aromatic nitrogens is 1. The second-order valence-electron chi connectivity index (χ2n) is 5.41. The zero-order valence-electron chi connectivity index (χ0n) is 12.7. The molecule has 1 saturated heterocycles. The maximum atomic E-state index is 11.5. The molecule has 0 amide bonds. The smallest absolute Gasteiger partial charge is 0.211 e. The Bertz CT molecular complexity index is 554. The largest absolute Gasteiger partial charge is 0.370 e. The number of nitrogens with zero attached hydrogens (tertiary/aromatic N) is 3. The summed E-state index contributed by atoms with van der Waals surface area (Å²) in [5.41, 5.74) is 1.21. The molecule has 21 heavy (non-hydrogen) atoms. The lowest BCUT2D eigenvalue weighted by Gasteiger charge is -2.33. The van der Waals surface area contributed by atoms with Gasteiger partial charge in [0.15, 0.2) is 0 Å². The highest BCUT2D eigenvalue weighted by Crippen LogP contribution is 2.12. The van der Waals surface area contributed by atoms with Gasteiger partial charge in [0.05, 0.1) is 6.26 Å². The second-order valence-corrected chi connectivity index (χ2v) is 7.40. The van der Waals surface area contributed by atoms with E-state index in [1.807, 2.05) is 12.3 Å². The van der Waals surface area contributed by atoms with Crippen molar-refractivity contribution in [2.45, 2.75) is 19.9 Å². The molecule has 118 valence electrons. The molecule has 6 nitrogen and oxygen atoms in total. The highest BCUT2D eigenvalue weighted by molar-refractivity contribution is 7.88. The Morgan fingerprint density at radius 2 is 2.00 bits per heavy atom. The van der Waals surface area contributed by atoms with Crippen LogP contribution in [0.1, 0.15) is 18.9 Å². The van der Waals surface area contributed by atoms with E-state index in [0.717, 1.165) is 38.4 Å². The minimum absolute atomic E-state index is 0.574. The molecule has 1 aliphatic rings. The average molecular weight is 312 g/mol. The summed E-state index contributed by atoms with van der Waals surface area (Å²) < 4.78 is 24.5. The van der Waals surface area contributed by atoms with Crippen molar-refractivity contribution in [2.24, 2.45) is 0 Å². The standard InChI is InChI=1S/C14H24N4O2S/c1-3-5-15-14-11-13(4-6-16-14)12-17-7-9-18(10-8-17)21(2,19)20/h4,6,11H,3,5,7-10,12H2,1-2H3,(H,15,16). The summed E-state index contributed by atoms with van der Waals surface area (Å²) in [6.45, 7) is 6.57. The third-order valence-electron chi connectivity index (χ3n) is 3.59. The molecule has 1 aliphatic heterocycles. The van der Waals surface area contributed by atoms with Crippen LogP contribution in [0.15, 0.2) is 18.3 Å². The molecule has 0 bridgehead atoms.